The summed E-state index contributed by atoms with van der Waals surface area (Å²) in [6.07, 6.45) is 2.54. The van der Waals surface area contributed by atoms with Crippen LogP contribution in [0, 0.1) is 0 Å². The van der Waals surface area contributed by atoms with Crippen LogP contribution >= 0.6 is 11.5 Å². The predicted molar refractivity (Wildman–Crippen MR) is 79.5 cm³/mol. The quantitative estimate of drug-likeness (QED) is 0.743. The van der Waals surface area contributed by atoms with Gasteiger partial charge in [-0.3, -0.25) is 0 Å². The van der Waals surface area contributed by atoms with Crippen LogP contribution in [-0.2, 0) is 11.2 Å². The molecule has 5 nitrogen and oxygen atoms in total. The van der Waals surface area contributed by atoms with E-state index in [2.05, 4.69) is 26.6 Å². The molecule has 1 aromatic carbocycles. The lowest BCUT2D eigenvalue weighted by molar-refractivity contribution is 0.0778. The molecular weight excluding hydrogens is 286 g/mol. The molecule has 3 aromatic rings. The van der Waals surface area contributed by atoms with Gasteiger partial charge in [0.2, 0.25) is 5.89 Å². The Labute approximate surface area is 126 Å². The molecule has 6 heteroatoms. The van der Waals surface area contributed by atoms with E-state index in [0.29, 0.717) is 18.2 Å². The Balaban J connectivity index is 1.56. The second kappa shape index (κ2) is 5.54. The molecule has 0 amide bonds. The Bertz CT molecular complexity index is 746. The van der Waals surface area contributed by atoms with Crippen molar-refractivity contribution >= 4 is 21.6 Å². The molecule has 0 radical (unpaired) electrons. The van der Waals surface area contributed by atoms with Crippen LogP contribution < -0.4 is 0 Å². The monoisotopic (exact) mass is 301 g/mol. The van der Waals surface area contributed by atoms with Gasteiger partial charge in [-0.1, -0.05) is 23.4 Å². The second-order valence-electron chi connectivity index (χ2n) is 5.24. The fraction of sp³-hybridized carbons (Fsp3) is 0.400. The van der Waals surface area contributed by atoms with Gasteiger partial charge in [-0.15, -0.1) is 0 Å². The third-order valence-corrected chi connectivity index (χ3v) is 4.70. The Morgan fingerprint density at radius 2 is 2.05 bits per heavy atom. The van der Waals surface area contributed by atoms with E-state index in [1.54, 1.807) is 0 Å². The van der Waals surface area contributed by atoms with Gasteiger partial charge in [0.05, 0.1) is 16.8 Å². The molecule has 3 heterocycles. The summed E-state index contributed by atoms with van der Waals surface area (Å²) in [6, 6.07) is 8.24. The average molecular weight is 301 g/mol. The van der Waals surface area contributed by atoms with Crippen LogP contribution in [0.1, 0.15) is 36.2 Å². The molecule has 0 saturated carbocycles. The van der Waals surface area contributed by atoms with Gasteiger partial charge in [-0.2, -0.15) is 9.36 Å². The predicted octanol–water partition coefficient (Wildman–Crippen LogP) is 3.16. The molecular formula is C15H15N3O2S. The van der Waals surface area contributed by atoms with Crippen molar-refractivity contribution < 1.29 is 9.26 Å². The maximum atomic E-state index is 5.42. The van der Waals surface area contributed by atoms with Crippen LogP contribution in [-0.4, -0.2) is 27.7 Å². The maximum Gasteiger partial charge on any atom is 0.229 e. The molecule has 1 fully saturated rings. The van der Waals surface area contributed by atoms with Crippen LogP contribution in [0.3, 0.4) is 0 Å². The average Bonchev–Trinajstić information content (AvgIpc) is 3.17. The standard InChI is InChI=1S/C15H15N3O2S/c1-2-4-13-11(3-1)12(18-21-13)9-14-16-15(20-17-14)10-5-7-19-8-6-10/h1-4,10H,5-9H2. The first-order chi connectivity index (χ1) is 10.4. The van der Waals surface area contributed by atoms with E-state index in [9.17, 15) is 0 Å². The molecule has 21 heavy (non-hydrogen) atoms. The topological polar surface area (TPSA) is 61.0 Å². The summed E-state index contributed by atoms with van der Waals surface area (Å²) >= 11 is 1.52. The third kappa shape index (κ3) is 2.56. The fourth-order valence-electron chi connectivity index (χ4n) is 2.67. The lowest BCUT2D eigenvalue weighted by Gasteiger charge is -2.17. The molecule has 1 saturated heterocycles. The minimum absolute atomic E-state index is 0.340. The van der Waals surface area contributed by atoms with Crippen molar-refractivity contribution in [3.05, 3.63) is 41.7 Å². The lowest BCUT2D eigenvalue weighted by atomic mass is 10.0. The zero-order chi connectivity index (χ0) is 14.1. The highest BCUT2D eigenvalue weighted by atomic mass is 32.1. The van der Waals surface area contributed by atoms with Crippen LogP contribution in [0.15, 0.2) is 28.8 Å². The van der Waals surface area contributed by atoms with Crippen LogP contribution in [0.25, 0.3) is 10.1 Å². The van der Waals surface area contributed by atoms with Crippen molar-refractivity contribution in [3.8, 4) is 0 Å². The number of benzene rings is 1. The first-order valence-electron chi connectivity index (χ1n) is 7.13. The SMILES string of the molecule is c1ccc2c(Cc3noc(C4CCOCC4)n3)nsc2c1. The van der Waals surface area contributed by atoms with E-state index >= 15 is 0 Å². The Hall–Kier alpha value is -1.79. The van der Waals surface area contributed by atoms with E-state index in [0.717, 1.165) is 37.6 Å². The van der Waals surface area contributed by atoms with Crippen LogP contribution in [0.5, 0.6) is 0 Å². The highest BCUT2D eigenvalue weighted by molar-refractivity contribution is 7.13. The van der Waals surface area contributed by atoms with E-state index in [4.69, 9.17) is 9.26 Å². The first-order valence-corrected chi connectivity index (χ1v) is 7.91. The molecule has 108 valence electrons. The number of fused-ring (bicyclic) bond motifs is 1. The largest absolute Gasteiger partial charge is 0.381 e. The van der Waals surface area contributed by atoms with Crippen LogP contribution in [0.4, 0.5) is 0 Å². The maximum absolute atomic E-state index is 5.42. The first kappa shape index (κ1) is 12.9. The van der Waals surface area contributed by atoms with Gasteiger partial charge in [0.15, 0.2) is 5.82 Å². The van der Waals surface area contributed by atoms with Gasteiger partial charge >= 0.3 is 0 Å². The van der Waals surface area contributed by atoms with Gasteiger partial charge in [0.1, 0.15) is 0 Å². The summed E-state index contributed by atoms with van der Waals surface area (Å²) in [4.78, 5) is 4.55. The summed E-state index contributed by atoms with van der Waals surface area (Å²) in [6.45, 7) is 1.55. The highest BCUT2D eigenvalue weighted by Crippen LogP contribution is 2.27. The summed E-state index contributed by atoms with van der Waals surface area (Å²) in [5, 5.41) is 5.29. The highest BCUT2D eigenvalue weighted by Gasteiger charge is 2.22. The third-order valence-electron chi connectivity index (χ3n) is 3.83. The fourth-order valence-corrected chi connectivity index (χ4v) is 3.46. The Morgan fingerprint density at radius 3 is 2.95 bits per heavy atom. The van der Waals surface area contributed by atoms with E-state index < -0.39 is 0 Å². The van der Waals surface area contributed by atoms with Gasteiger partial charge in [0, 0.05) is 24.5 Å². The normalized spacial score (nSPS) is 16.6. The second-order valence-corrected chi connectivity index (χ2v) is 6.04. The van der Waals surface area contributed by atoms with Gasteiger partial charge in [-0.05, 0) is 30.4 Å². The van der Waals surface area contributed by atoms with Gasteiger partial charge in [-0.25, -0.2) is 0 Å². The van der Waals surface area contributed by atoms with Crippen molar-refractivity contribution in [1.82, 2.24) is 14.5 Å². The summed E-state index contributed by atoms with van der Waals surface area (Å²) in [5.74, 6) is 1.80. The van der Waals surface area contributed by atoms with Crippen molar-refractivity contribution in [1.29, 1.82) is 0 Å². The molecule has 0 spiro atoms. The van der Waals surface area contributed by atoms with E-state index in [-0.39, 0.29) is 0 Å². The van der Waals surface area contributed by atoms with Crippen LogP contribution in [0.2, 0.25) is 0 Å². The molecule has 0 atom stereocenters. The molecule has 1 aliphatic heterocycles. The zero-order valence-corrected chi connectivity index (χ0v) is 12.3. The molecule has 0 bridgehead atoms. The minimum atomic E-state index is 0.340. The molecule has 0 unspecified atom stereocenters. The minimum Gasteiger partial charge on any atom is -0.381 e. The molecule has 0 aliphatic carbocycles. The smallest absolute Gasteiger partial charge is 0.229 e. The molecule has 4 rings (SSSR count). The van der Waals surface area contributed by atoms with Crippen molar-refractivity contribution in [2.45, 2.75) is 25.2 Å². The number of ether oxygens (including phenoxy) is 1. The van der Waals surface area contributed by atoms with Crippen molar-refractivity contribution in [2.24, 2.45) is 0 Å². The molecule has 2 aromatic heterocycles. The van der Waals surface area contributed by atoms with E-state index in [1.807, 2.05) is 12.1 Å². The van der Waals surface area contributed by atoms with Gasteiger partial charge < -0.3 is 9.26 Å². The number of rotatable bonds is 3. The summed E-state index contributed by atoms with van der Waals surface area (Å²) in [7, 11) is 0. The number of hydrogen-bond donors (Lipinski definition) is 0. The Morgan fingerprint density at radius 1 is 1.19 bits per heavy atom. The zero-order valence-electron chi connectivity index (χ0n) is 11.5. The number of hydrogen-bond acceptors (Lipinski definition) is 6. The van der Waals surface area contributed by atoms with Crippen molar-refractivity contribution in [3.63, 3.8) is 0 Å². The molecule has 1 aliphatic rings. The Kier molecular flexibility index (Phi) is 3.40. The molecule has 0 N–H and O–H groups in total. The summed E-state index contributed by atoms with van der Waals surface area (Å²) < 4.78 is 16.5. The van der Waals surface area contributed by atoms with Gasteiger partial charge in [0.25, 0.3) is 0 Å². The number of aromatic nitrogens is 3. The number of nitrogens with zero attached hydrogens (tertiary/aromatic N) is 3. The lowest BCUT2D eigenvalue weighted by Crippen LogP contribution is -2.14. The van der Waals surface area contributed by atoms with E-state index in [1.165, 1.54) is 21.6 Å². The van der Waals surface area contributed by atoms with Crippen molar-refractivity contribution in [2.75, 3.05) is 13.2 Å². The summed E-state index contributed by atoms with van der Waals surface area (Å²) in [5.41, 5.74) is 1.02.